The van der Waals surface area contributed by atoms with Crippen LogP contribution in [0.15, 0.2) is 0 Å². The van der Waals surface area contributed by atoms with Crippen molar-refractivity contribution in [3.8, 4) is 0 Å². The Morgan fingerprint density at radius 2 is 2.12 bits per heavy atom. The van der Waals surface area contributed by atoms with Gasteiger partial charge in [0, 0.05) is 6.04 Å². The molecule has 1 rings (SSSR count). The Morgan fingerprint density at radius 3 is 2.56 bits per heavy atom. The maximum absolute atomic E-state index is 12.6. The highest BCUT2D eigenvalue weighted by Gasteiger charge is 2.49. The fraction of sp³-hybridized carbons (Fsp3) is 0.889. The molecule has 7 heteroatoms. The lowest BCUT2D eigenvalue weighted by Crippen LogP contribution is -2.50. The average molecular weight is 242 g/mol. The molecule has 0 radical (unpaired) electrons. The number of amides is 1. The molecule has 0 aliphatic carbocycles. The number of hydrogen-bond donors (Lipinski definition) is 2. The van der Waals surface area contributed by atoms with Crippen LogP contribution in [0.3, 0.4) is 0 Å². The van der Waals surface area contributed by atoms with Crippen LogP contribution in [-0.2, 0) is 4.79 Å². The molecule has 1 saturated heterocycles. The molecule has 1 aliphatic heterocycles. The summed E-state index contributed by atoms with van der Waals surface area (Å²) < 4.78 is 49.0. The fourth-order valence-corrected chi connectivity index (χ4v) is 1.62. The Labute approximate surface area is 90.6 Å². The SMILES string of the molecule is CC(NC(=O)C(F)(F)C(F)F)C1CCNC1. The Hall–Kier alpha value is -0.850. The first-order valence-corrected chi connectivity index (χ1v) is 5.03. The number of halogens is 4. The molecule has 0 bridgehead atoms. The van der Waals surface area contributed by atoms with Gasteiger partial charge in [-0.25, -0.2) is 8.78 Å². The van der Waals surface area contributed by atoms with Gasteiger partial charge in [0.25, 0.3) is 5.91 Å². The summed E-state index contributed by atoms with van der Waals surface area (Å²) in [5.74, 6) is -6.50. The van der Waals surface area contributed by atoms with E-state index in [9.17, 15) is 22.4 Å². The van der Waals surface area contributed by atoms with E-state index >= 15 is 0 Å². The van der Waals surface area contributed by atoms with Gasteiger partial charge in [-0.3, -0.25) is 4.79 Å². The van der Waals surface area contributed by atoms with Crippen molar-refractivity contribution in [1.82, 2.24) is 10.6 Å². The molecule has 3 nitrogen and oxygen atoms in total. The summed E-state index contributed by atoms with van der Waals surface area (Å²) in [5.41, 5.74) is 0. The standard InChI is InChI=1S/C9H14F4N2O/c1-5(6-2-3-14-4-6)15-8(16)9(12,13)7(10)11/h5-7,14H,2-4H2,1H3,(H,15,16). The molecule has 0 aromatic heterocycles. The van der Waals surface area contributed by atoms with E-state index in [0.29, 0.717) is 6.54 Å². The largest absolute Gasteiger partial charge is 0.383 e. The van der Waals surface area contributed by atoms with E-state index in [2.05, 4.69) is 5.32 Å². The van der Waals surface area contributed by atoms with Crippen LogP contribution in [-0.4, -0.2) is 37.4 Å². The first kappa shape index (κ1) is 13.2. The van der Waals surface area contributed by atoms with Crippen molar-refractivity contribution in [2.45, 2.75) is 31.7 Å². The van der Waals surface area contributed by atoms with Crippen LogP contribution in [0, 0.1) is 5.92 Å². The van der Waals surface area contributed by atoms with Crippen LogP contribution >= 0.6 is 0 Å². The van der Waals surface area contributed by atoms with Crippen molar-refractivity contribution >= 4 is 5.91 Å². The van der Waals surface area contributed by atoms with Gasteiger partial charge in [0.2, 0.25) is 0 Å². The maximum Gasteiger partial charge on any atom is 0.383 e. The summed E-state index contributed by atoms with van der Waals surface area (Å²) in [6.07, 6.45) is -3.23. The summed E-state index contributed by atoms with van der Waals surface area (Å²) >= 11 is 0. The Kier molecular flexibility index (Phi) is 4.12. The first-order valence-electron chi connectivity index (χ1n) is 5.03. The molecular formula is C9H14F4N2O. The minimum Gasteiger partial charge on any atom is -0.348 e. The van der Waals surface area contributed by atoms with Crippen molar-refractivity contribution in [3.05, 3.63) is 0 Å². The molecule has 0 aromatic carbocycles. The predicted molar refractivity (Wildman–Crippen MR) is 49.5 cm³/mol. The molecule has 2 atom stereocenters. The maximum atomic E-state index is 12.6. The van der Waals surface area contributed by atoms with Gasteiger partial charge in [0.1, 0.15) is 0 Å². The lowest BCUT2D eigenvalue weighted by atomic mass is 10.0. The summed E-state index contributed by atoms with van der Waals surface area (Å²) in [6, 6.07) is -0.535. The normalized spacial score (nSPS) is 23.5. The van der Waals surface area contributed by atoms with Crippen LogP contribution in [0.1, 0.15) is 13.3 Å². The Balaban J connectivity index is 2.50. The van der Waals surface area contributed by atoms with E-state index in [1.807, 2.05) is 5.32 Å². The molecule has 0 aromatic rings. The van der Waals surface area contributed by atoms with Gasteiger partial charge in [0.15, 0.2) is 0 Å². The van der Waals surface area contributed by atoms with E-state index in [1.165, 1.54) is 6.92 Å². The predicted octanol–water partition coefficient (Wildman–Crippen LogP) is 1.00. The zero-order valence-electron chi connectivity index (χ0n) is 8.77. The van der Waals surface area contributed by atoms with Gasteiger partial charge in [-0.2, -0.15) is 8.78 Å². The van der Waals surface area contributed by atoms with Gasteiger partial charge in [-0.15, -0.1) is 0 Å². The van der Waals surface area contributed by atoms with Gasteiger partial charge in [-0.1, -0.05) is 0 Å². The monoisotopic (exact) mass is 242 g/mol. The molecule has 2 N–H and O–H groups in total. The smallest absolute Gasteiger partial charge is 0.348 e. The molecule has 1 aliphatic rings. The molecule has 2 unspecified atom stereocenters. The summed E-state index contributed by atoms with van der Waals surface area (Å²) in [6.45, 7) is 2.88. The zero-order chi connectivity index (χ0) is 12.3. The van der Waals surface area contributed by atoms with Crippen LogP contribution in [0.4, 0.5) is 17.6 Å². The van der Waals surface area contributed by atoms with Gasteiger partial charge >= 0.3 is 12.3 Å². The van der Waals surface area contributed by atoms with Crippen molar-refractivity contribution in [2.75, 3.05) is 13.1 Å². The number of carbonyl (C=O) groups excluding carboxylic acids is 1. The third kappa shape index (κ3) is 2.84. The zero-order valence-corrected chi connectivity index (χ0v) is 8.77. The Morgan fingerprint density at radius 1 is 1.50 bits per heavy atom. The minimum absolute atomic E-state index is 0.0115. The number of nitrogens with one attached hydrogen (secondary N) is 2. The molecule has 0 saturated carbocycles. The van der Waals surface area contributed by atoms with Crippen LogP contribution in [0.5, 0.6) is 0 Å². The highest BCUT2D eigenvalue weighted by atomic mass is 19.3. The van der Waals surface area contributed by atoms with E-state index in [0.717, 1.165) is 13.0 Å². The molecule has 16 heavy (non-hydrogen) atoms. The molecular weight excluding hydrogens is 228 g/mol. The van der Waals surface area contributed by atoms with Gasteiger partial charge in [0.05, 0.1) is 0 Å². The van der Waals surface area contributed by atoms with Crippen molar-refractivity contribution in [3.63, 3.8) is 0 Å². The van der Waals surface area contributed by atoms with E-state index in [-0.39, 0.29) is 5.92 Å². The molecule has 1 amide bonds. The lowest BCUT2D eigenvalue weighted by Gasteiger charge is -2.22. The number of rotatable bonds is 4. The lowest BCUT2D eigenvalue weighted by molar-refractivity contribution is -0.170. The number of hydrogen-bond acceptors (Lipinski definition) is 2. The average Bonchev–Trinajstić information content (AvgIpc) is 2.69. The van der Waals surface area contributed by atoms with E-state index in [1.54, 1.807) is 0 Å². The highest BCUT2D eigenvalue weighted by Crippen LogP contribution is 2.23. The molecule has 0 spiro atoms. The Bertz CT molecular complexity index is 254. The second kappa shape index (κ2) is 4.99. The van der Waals surface area contributed by atoms with Crippen LogP contribution in [0.25, 0.3) is 0 Å². The van der Waals surface area contributed by atoms with Crippen molar-refractivity contribution in [2.24, 2.45) is 5.92 Å². The molecule has 1 fully saturated rings. The highest BCUT2D eigenvalue weighted by molar-refractivity contribution is 5.84. The van der Waals surface area contributed by atoms with Gasteiger partial charge < -0.3 is 10.6 Å². The fourth-order valence-electron chi connectivity index (χ4n) is 1.62. The van der Waals surface area contributed by atoms with Crippen molar-refractivity contribution < 1.29 is 22.4 Å². The third-order valence-corrected chi connectivity index (χ3v) is 2.74. The first-order chi connectivity index (χ1) is 7.35. The second-order valence-corrected chi connectivity index (χ2v) is 3.94. The van der Waals surface area contributed by atoms with E-state index < -0.39 is 24.3 Å². The third-order valence-electron chi connectivity index (χ3n) is 2.74. The van der Waals surface area contributed by atoms with E-state index in [4.69, 9.17) is 0 Å². The van der Waals surface area contributed by atoms with Crippen LogP contribution in [0.2, 0.25) is 0 Å². The minimum atomic E-state index is -4.61. The number of alkyl halides is 4. The number of carbonyl (C=O) groups is 1. The molecule has 1 heterocycles. The van der Waals surface area contributed by atoms with Crippen LogP contribution < -0.4 is 10.6 Å². The molecule has 94 valence electrons. The summed E-state index contributed by atoms with van der Waals surface area (Å²) in [4.78, 5) is 10.9. The topological polar surface area (TPSA) is 41.1 Å². The quantitative estimate of drug-likeness (QED) is 0.722. The van der Waals surface area contributed by atoms with Gasteiger partial charge in [-0.05, 0) is 32.4 Å². The summed E-state index contributed by atoms with van der Waals surface area (Å²) in [7, 11) is 0. The summed E-state index contributed by atoms with van der Waals surface area (Å²) in [5, 5.41) is 4.94. The second-order valence-electron chi connectivity index (χ2n) is 3.94. The van der Waals surface area contributed by atoms with Crippen molar-refractivity contribution in [1.29, 1.82) is 0 Å².